The number of morpholine rings is 1. The second-order valence-corrected chi connectivity index (χ2v) is 6.12. The van der Waals surface area contributed by atoms with E-state index in [-0.39, 0.29) is 0 Å². The Bertz CT molecular complexity index is 586. The monoisotopic (exact) mass is 311 g/mol. The van der Waals surface area contributed by atoms with Crippen LogP contribution in [0.5, 0.6) is 11.5 Å². The summed E-state index contributed by atoms with van der Waals surface area (Å²) in [5.41, 5.74) is 2.61. The van der Waals surface area contributed by atoms with Crippen molar-refractivity contribution in [1.82, 2.24) is 4.90 Å². The molecule has 0 radical (unpaired) electrons. The van der Waals surface area contributed by atoms with Crippen molar-refractivity contribution in [2.75, 3.05) is 32.8 Å². The van der Waals surface area contributed by atoms with Gasteiger partial charge < -0.3 is 9.47 Å². The van der Waals surface area contributed by atoms with Gasteiger partial charge >= 0.3 is 0 Å². The van der Waals surface area contributed by atoms with Gasteiger partial charge in [0.2, 0.25) is 0 Å². The summed E-state index contributed by atoms with van der Waals surface area (Å²) in [5.74, 6) is 1.78. The van der Waals surface area contributed by atoms with E-state index in [1.165, 1.54) is 17.5 Å². The summed E-state index contributed by atoms with van der Waals surface area (Å²) < 4.78 is 11.2. The maximum Gasteiger partial charge on any atom is 0.127 e. The van der Waals surface area contributed by atoms with Gasteiger partial charge in [-0.1, -0.05) is 29.8 Å². The van der Waals surface area contributed by atoms with E-state index < -0.39 is 0 Å². The van der Waals surface area contributed by atoms with Crippen molar-refractivity contribution in [3.05, 3.63) is 59.7 Å². The van der Waals surface area contributed by atoms with E-state index in [1.54, 1.807) is 0 Å². The lowest BCUT2D eigenvalue weighted by molar-refractivity contribution is 0.0374. The van der Waals surface area contributed by atoms with E-state index in [0.717, 1.165) is 50.8 Å². The van der Waals surface area contributed by atoms with Crippen LogP contribution >= 0.6 is 0 Å². The molecule has 0 amide bonds. The number of rotatable bonds is 6. The standard InChI is InChI=1S/C20H25NO2/c1-17-4-8-19(9-5-17)23-20-10-6-18(7-11-20)3-2-12-21-13-15-22-16-14-21/h4-11H,2-3,12-16H2,1H3. The maximum absolute atomic E-state index is 5.87. The fraction of sp³-hybridized carbons (Fsp3) is 0.400. The van der Waals surface area contributed by atoms with Gasteiger partial charge in [0, 0.05) is 13.1 Å². The molecule has 0 unspecified atom stereocenters. The summed E-state index contributed by atoms with van der Waals surface area (Å²) in [6.45, 7) is 7.14. The van der Waals surface area contributed by atoms with Crippen molar-refractivity contribution < 1.29 is 9.47 Å². The van der Waals surface area contributed by atoms with Gasteiger partial charge in [-0.25, -0.2) is 0 Å². The quantitative estimate of drug-likeness (QED) is 0.803. The Kier molecular flexibility index (Phi) is 5.67. The van der Waals surface area contributed by atoms with Crippen molar-refractivity contribution in [2.24, 2.45) is 0 Å². The molecule has 122 valence electrons. The van der Waals surface area contributed by atoms with Crippen LogP contribution in [0.25, 0.3) is 0 Å². The molecule has 2 aromatic carbocycles. The molecule has 0 bridgehead atoms. The van der Waals surface area contributed by atoms with E-state index in [0.29, 0.717) is 0 Å². The smallest absolute Gasteiger partial charge is 0.127 e. The molecular formula is C20H25NO2. The largest absolute Gasteiger partial charge is 0.457 e. The van der Waals surface area contributed by atoms with Crippen LogP contribution in [0.4, 0.5) is 0 Å². The van der Waals surface area contributed by atoms with Crippen molar-refractivity contribution >= 4 is 0 Å². The number of nitrogens with zero attached hydrogens (tertiary/aromatic N) is 1. The summed E-state index contributed by atoms with van der Waals surface area (Å²) >= 11 is 0. The molecule has 0 saturated carbocycles. The summed E-state index contributed by atoms with van der Waals surface area (Å²) in [7, 11) is 0. The molecule has 1 aliphatic rings. The van der Waals surface area contributed by atoms with Gasteiger partial charge in [-0.05, 0) is 56.1 Å². The van der Waals surface area contributed by atoms with E-state index >= 15 is 0 Å². The molecule has 1 saturated heterocycles. The summed E-state index contributed by atoms with van der Waals surface area (Å²) in [6.07, 6.45) is 2.31. The van der Waals surface area contributed by atoms with Gasteiger partial charge in [0.25, 0.3) is 0 Å². The van der Waals surface area contributed by atoms with Crippen LogP contribution < -0.4 is 4.74 Å². The Balaban J connectivity index is 1.45. The van der Waals surface area contributed by atoms with Gasteiger partial charge in [-0.2, -0.15) is 0 Å². The second kappa shape index (κ2) is 8.14. The van der Waals surface area contributed by atoms with Crippen LogP contribution in [0.2, 0.25) is 0 Å². The van der Waals surface area contributed by atoms with E-state index in [9.17, 15) is 0 Å². The number of aryl methyl sites for hydroxylation is 2. The summed E-state index contributed by atoms with van der Waals surface area (Å²) in [4.78, 5) is 2.48. The van der Waals surface area contributed by atoms with Crippen LogP contribution in [0.1, 0.15) is 17.5 Å². The van der Waals surface area contributed by atoms with Crippen LogP contribution in [-0.4, -0.2) is 37.7 Å². The van der Waals surface area contributed by atoms with Crippen LogP contribution in [0.15, 0.2) is 48.5 Å². The van der Waals surface area contributed by atoms with Crippen molar-refractivity contribution in [3.63, 3.8) is 0 Å². The van der Waals surface area contributed by atoms with E-state index in [4.69, 9.17) is 9.47 Å². The Hall–Kier alpha value is -1.84. The Morgan fingerprint density at radius 3 is 2.17 bits per heavy atom. The topological polar surface area (TPSA) is 21.7 Å². The first-order valence-corrected chi connectivity index (χ1v) is 8.43. The minimum atomic E-state index is 0.880. The first-order chi connectivity index (χ1) is 11.3. The fourth-order valence-corrected chi connectivity index (χ4v) is 2.80. The first kappa shape index (κ1) is 16.0. The summed E-state index contributed by atoms with van der Waals surface area (Å²) in [6, 6.07) is 16.6. The zero-order chi connectivity index (χ0) is 15.9. The normalized spacial score (nSPS) is 15.5. The van der Waals surface area contributed by atoms with Gasteiger partial charge in [-0.3, -0.25) is 4.90 Å². The van der Waals surface area contributed by atoms with Crippen molar-refractivity contribution in [2.45, 2.75) is 19.8 Å². The van der Waals surface area contributed by atoms with Crippen LogP contribution in [0.3, 0.4) is 0 Å². The predicted molar refractivity (Wildman–Crippen MR) is 93.3 cm³/mol. The number of hydrogen-bond acceptors (Lipinski definition) is 3. The van der Waals surface area contributed by atoms with Crippen molar-refractivity contribution in [3.8, 4) is 11.5 Å². The molecule has 0 spiro atoms. The first-order valence-electron chi connectivity index (χ1n) is 8.43. The number of ether oxygens (including phenoxy) is 2. The average Bonchev–Trinajstić information content (AvgIpc) is 2.59. The molecule has 0 aliphatic carbocycles. The molecule has 3 nitrogen and oxygen atoms in total. The van der Waals surface area contributed by atoms with E-state index in [2.05, 4.69) is 48.2 Å². The Morgan fingerprint density at radius 1 is 0.913 bits per heavy atom. The van der Waals surface area contributed by atoms with Crippen molar-refractivity contribution in [1.29, 1.82) is 0 Å². The highest BCUT2D eigenvalue weighted by molar-refractivity contribution is 5.34. The minimum Gasteiger partial charge on any atom is -0.457 e. The third-order valence-electron chi connectivity index (χ3n) is 4.22. The summed E-state index contributed by atoms with van der Waals surface area (Å²) in [5, 5.41) is 0. The third-order valence-corrected chi connectivity index (χ3v) is 4.22. The van der Waals surface area contributed by atoms with Gasteiger partial charge in [0.1, 0.15) is 11.5 Å². The molecule has 0 aromatic heterocycles. The molecule has 1 fully saturated rings. The lowest BCUT2D eigenvalue weighted by Gasteiger charge is -2.26. The van der Waals surface area contributed by atoms with Crippen LogP contribution in [0, 0.1) is 6.92 Å². The molecule has 1 heterocycles. The lowest BCUT2D eigenvalue weighted by atomic mass is 10.1. The average molecular weight is 311 g/mol. The predicted octanol–water partition coefficient (Wildman–Crippen LogP) is 4.05. The molecule has 0 N–H and O–H groups in total. The molecule has 1 aliphatic heterocycles. The SMILES string of the molecule is Cc1ccc(Oc2ccc(CCCN3CCOCC3)cc2)cc1. The molecule has 23 heavy (non-hydrogen) atoms. The third kappa shape index (κ3) is 5.08. The molecule has 0 atom stereocenters. The molecular weight excluding hydrogens is 286 g/mol. The van der Waals surface area contributed by atoms with Gasteiger partial charge in [-0.15, -0.1) is 0 Å². The molecule has 2 aromatic rings. The van der Waals surface area contributed by atoms with E-state index in [1.807, 2.05) is 12.1 Å². The molecule has 3 heteroatoms. The minimum absolute atomic E-state index is 0.880. The zero-order valence-electron chi connectivity index (χ0n) is 13.8. The maximum atomic E-state index is 5.87. The van der Waals surface area contributed by atoms with Crippen LogP contribution in [-0.2, 0) is 11.2 Å². The van der Waals surface area contributed by atoms with Gasteiger partial charge in [0.15, 0.2) is 0 Å². The number of hydrogen-bond donors (Lipinski definition) is 0. The fourth-order valence-electron chi connectivity index (χ4n) is 2.80. The van der Waals surface area contributed by atoms with Gasteiger partial charge in [0.05, 0.1) is 13.2 Å². The Labute approximate surface area is 138 Å². The molecule has 3 rings (SSSR count). The highest BCUT2D eigenvalue weighted by Crippen LogP contribution is 2.22. The number of benzene rings is 2. The zero-order valence-corrected chi connectivity index (χ0v) is 13.8. The Morgan fingerprint density at radius 2 is 1.52 bits per heavy atom. The lowest BCUT2D eigenvalue weighted by Crippen LogP contribution is -2.36. The highest BCUT2D eigenvalue weighted by Gasteiger charge is 2.09. The second-order valence-electron chi connectivity index (χ2n) is 6.12. The highest BCUT2D eigenvalue weighted by atomic mass is 16.5.